The van der Waals surface area contributed by atoms with Crippen molar-refractivity contribution in [3.63, 3.8) is 0 Å². The van der Waals surface area contributed by atoms with E-state index in [9.17, 15) is 19.8 Å². The number of ether oxygens (including phenoxy) is 1. The normalized spacial score (nSPS) is 12.4. The highest BCUT2D eigenvalue weighted by atomic mass is 16.5. The third kappa shape index (κ3) is 65.9. The summed E-state index contributed by atoms with van der Waals surface area (Å²) in [4.78, 5) is 24.7. The Labute approximate surface area is 496 Å². The maximum Gasteiger partial charge on any atom is 0.305 e. The van der Waals surface area contributed by atoms with Gasteiger partial charge in [0.25, 0.3) is 0 Å². The first kappa shape index (κ1) is 77.9. The number of hydrogen-bond acceptors (Lipinski definition) is 5. The smallest absolute Gasteiger partial charge is 0.305 e. The largest absolute Gasteiger partial charge is 0.466 e. The molecule has 2 unspecified atom stereocenters. The van der Waals surface area contributed by atoms with Gasteiger partial charge in [0, 0.05) is 12.8 Å². The van der Waals surface area contributed by atoms with Crippen LogP contribution in [0.4, 0.5) is 0 Å². The number of nitrogens with one attached hydrogen (secondary N) is 1. The second kappa shape index (κ2) is 69.4. The fourth-order valence-electron chi connectivity index (χ4n) is 12.1. The van der Waals surface area contributed by atoms with E-state index in [1.165, 1.54) is 360 Å². The van der Waals surface area contributed by atoms with E-state index in [-0.39, 0.29) is 18.5 Å². The lowest BCUT2D eigenvalue weighted by molar-refractivity contribution is -0.143. The van der Waals surface area contributed by atoms with Crippen LogP contribution in [0.1, 0.15) is 431 Å². The standard InChI is InChI=1S/C73H145NO5/c1-3-5-7-9-11-13-15-17-19-21-23-26-30-33-37-41-45-49-53-57-61-65-71(76)70(69-75)74-72(77)66-62-58-54-50-46-42-38-34-31-27-24-25-28-32-36-40-44-48-52-56-60-64-68-79-73(78)67-63-59-55-51-47-43-39-35-29-22-20-18-16-14-12-10-8-6-4-2/h70-71,75-76H,3-69H2,1-2H3,(H,74,77). The SMILES string of the molecule is CCCCCCCCCCCCCCCCCCCCCCCC(O)C(CO)NC(=O)CCCCCCCCCCCCCCCCCCCCCCCCOC(=O)CCCCCCCCCCCCCCCCCCCCC. The summed E-state index contributed by atoms with van der Waals surface area (Å²) in [6, 6.07) is -0.542. The van der Waals surface area contributed by atoms with Gasteiger partial charge in [-0.15, -0.1) is 0 Å². The van der Waals surface area contributed by atoms with Crippen molar-refractivity contribution in [3.8, 4) is 0 Å². The molecule has 3 N–H and O–H groups in total. The fourth-order valence-corrected chi connectivity index (χ4v) is 12.1. The lowest BCUT2D eigenvalue weighted by Crippen LogP contribution is -2.45. The van der Waals surface area contributed by atoms with E-state index in [2.05, 4.69) is 19.2 Å². The van der Waals surface area contributed by atoms with Crippen molar-refractivity contribution >= 4 is 11.9 Å². The van der Waals surface area contributed by atoms with Crippen LogP contribution in [0.25, 0.3) is 0 Å². The Hall–Kier alpha value is -1.14. The second-order valence-electron chi connectivity index (χ2n) is 25.6. The maximum atomic E-state index is 12.6. The molecule has 0 saturated carbocycles. The molecule has 6 nitrogen and oxygen atoms in total. The van der Waals surface area contributed by atoms with Crippen molar-refractivity contribution < 1.29 is 24.5 Å². The highest BCUT2D eigenvalue weighted by Crippen LogP contribution is 2.20. The van der Waals surface area contributed by atoms with Crippen LogP contribution >= 0.6 is 0 Å². The molecule has 0 radical (unpaired) electrons. The molecule has 0 spiro atoms. The van der Waals surface area contributed by atoms with Crippen molar-refractivity contribution in [1.29, 1.82) is 0 Å². The number of amides is 1. The summed E-state index contributed by atoms with van der Waals surface area (Å²) in [7, 11) is 0. The Balaban J connectivity index is 3.35. The Morgan fingerprint density at radius 3 is 0.772 bits per heavy atom. The molecule has 0 fully saturated rings. The topological polar surface area (TPSA) is 95.9 Å². The molecule has 0 aliphatic heterocycles. The van der Waals surface area contributed by atoms with Crippen LogP contribution in [-0.4, -0.2) is 47.4 Å². The van der Waals surface area contributed by atoms with Crippen LogP contribution in [0.3, 0.4) is 0 Å². The van der Waals surface area contributed by atoms with Gasteiger partial charge in [-0.25, -0.2) is 0 Å². The summed E-state index contributed by atoms with van der Waals surface area (Å²) < 4.78 is 5.52. The Kier molecular flexibility index (Phi) is 68.4. The fraction of sp³-hybridized carbons (Fsp3) is 0.973. The van der Waals surface area contributed by atoms with E-state index < -0.39 is 12.1 Å². The number of esters is 1. The van der Waals surface area contributed by atoms with Crippen molar-refractivity contribution in [3.05, 3.63) is 0 Å². The Bertz CT molecular complexity index is 1150. The molecular formula is C73H145NO5. The number of carbonyl (C=O) groups excluding carboxylic acids is 2. The lowest BCUT2D eigenvalue weighted by Gasteiger charge is -2.22. The zero-order valence-electron chi connectivity index (χ0n) is 54.2. The number of rotatable bonds is 70. The molecule has 0 aromatic carbocycles. The summed E-state index contributed by atoms with van der Waals surface area (Å²) in [6.45, 7) is 5.01. The third-order valence-electron chi connectivity index (χ3n) is 17.7. The van der Waals surface area contributed by atoms with E-state index in [1.54, 1.807) is 0 Å². The summed E-state index contributed by atoms with van der Waals surface area (Å²) in [5.41, 5.74) is 0. The molecule has 0 heterocycles. The molecule has 2 atom stereocenters. The van der Waals surface area contributed by atoms with Gasteiger partial charge in [0.05, 0.1) is 25.4 Å². The first-order valence-electron chi connectivity index (χ1n) is 36.8. The molecule has 0 saturated heterocycles. The molecule has 0 aliphatic carbocycles. The van der Waals surface area contributed by atoms with Crippen LogP contribution < -0.4 is 5.32 Å². The van der Waals surface area contributed by atoms with Gasteiger partial charge in [-0.1, -0.05) is 393 Å². The zero-order valence-corrected chi connectivity index (χ0v) is 54.2. The van der Waals surface area contributed by atoms with Gasteiger partial charge in [-0.2, -0.15) is 0 Å². The number of carbonyl (C=O) groups is 2. The summed E-state index contributed by atoms with van der Waals surface area (Å²) >= 11 is 0. The zero-order chi connectivity index (χ0) is 57.1. The molecule has 0 bridgehead atoms. The molecular weight excluding hydrogens is 971 g/mol. The van der Waals surface area contributed by atoms with E-state index in [4.69, 9.17) is 4.74 Å². The number of aliphatic hydroxyl groups is 2. The van der Waals surface area contributed by atoms with Gasteiger partial charge < -0.3 is 20.3 Å². The third-order valence-corrected chi connectivity index (χ3v) is 17.7. The first-order valence-corrected chi connectivity index (χ1v) is 36.8. The van der Waals surface area contributed by atoms with Crippen LogP contribution in [0.5, 0.6) is 0 Å². The summed E-state index contributed by atoms with van der Waals surface area (Å²) in [5.74, 6) is -0.00957. The van der Waals surface area contributed by atoms with Crippen molar-refractivity contribution in [2.24, 2.45) is 0 Å². The van der Waals surface area contributed by atoms with Gasteiger partial charge >= 0.3 is 5.97 Å². The van der Waals surface area contributed by atoms with Crippen molar-refractivity contribution in [2.45, 2.75) is 443 Å². The maximum absolute atomic E-state index is 12.6. The van der Waals surface area contributed by atoms with Crippen LogP contribution in [0.15, 0.2) is 0 Å². The minimum atomic E-state index is -0.665. The van der Waals surface area contributed by atoms with Gasteiger partial charge in [0.2, 0.25) is 5.91 Å². The van der Waals surface area contributed by atoms with Crippen molar-refractivity contribution in [1.82, 2.24) is 5.32 Å². The predicted octanol–water partition coefficient (Wildman–Crippen LogP) is 23.8. The van der Waals surface area contributed by atoms with Gasteiger partial charge in [-0.05, 0) is 25.7 Å². The van der Waals surface area contributed by atoms with E-state index >= 15 is 0 Å². The Morgan fingerprint density at radius 1 is 0.304 bits per heavy atom. The van der Waals surface area contributed by atoms with Crippen LogP contribution in [-0.2, 0) is 14.3 Å². The highest BCUT2D eigenvalue weighted by molar-refractivity contribution is 5.76. The monoisotopic (exact) mass is 1120 g/mol. The van der Waals surface area contributed by atoms with Crippen molar-refractivity contribution in [2.75, 3.05) is 13.2 Å². The molecule has 472 valence electrons. The average molecular weight is 1120 g/mol. The minimum absolute atomic E-state index is 0.0198. The molecule has 0 aromatic heterocycles. The highest BCUT2D eigenvalue weighted by Gasteiger charge is 2.20. The van der Waals surface area contributed by atoms with E-state index in [0.717, 1.165) is 38.5 Å². The number of unbranched alkanes of at least 4 members (excludes halogenated alkanes) is 59. The van der Waals surface area contributed by atoms with E-state index in [0.29, 0.717) is 25.9 Å². The number of hydrogen-bond donors (Lipinski definition) is 3. The quantitative estimate of drug-likeness (QED) is 0.0417. The molecule has 1 amide bonds. The second-order valence-corrected chi connectivity index (χ2v) is 25.6. The lowest BCUT2D eigenvalue weighted by atomic mass is 10.0. The molecule has 6 heteroatoms. The first-order chi connectivity index (χ1) is 39.0. The summed E-state index contributed by atoms with van der Waals surface area (Å²) in [5, 5.41) is 23.4. The minimum Gasteiger partial charge on any atom is -0.466 e. The van der Waals surface area contributed by atoms with Gasteiger partial charge in [-0.3, -0.25) is 9.59 Å². The molecule has 0 rings (SSSR count). The predicted molar refractivity (Wildman–Crippen MR) is 347 cm³/mol. The van der Waals surface area contributed by atoms with E-state index in [1.807, 2.05) is 0 Å². The summed E-state index contributed by atoms with van der Waals surface area (Å²) in [6.07, 6.45) is 84.4. The van der Waals surface area contributed by atoms with Crippen LogP contribution in [0, 0.1) is 0 Å². The number of aliphatic hydroxyl groups excluding tert-OH is 2. The van der Waals surface area contributed by atoms with Gasteiger partial charge in [0.15, 0.2) is 0 Å². The van der Waals surface area contributed by atoms with Crippen LogP contribution in [0.2, 0.25) is 0 Å². The molecule has 79 heavy (non-hydrogen) atoms. The average Bonchev–Trinajstić information content (AvgIpc) is 3.45. The molecule has 0 aromatic rings. The molecule has 0 aliphatic rings. The van der Waals surface area contributed by atoms with Gasteiger partial charge in [0.1, 0.15) is 0 Å². The Morgan fingerprint density at radius 2 is 0.519 bits per heavy atom.